The van der Waals surface area contributed by atoms with Crippen LogP contribution >= 0.6 is 0 Å². The molecule has 2 N–H and O–H groups in total. The minimum Gasteiger partial charge on any atom is -0.385 e. The van der Waals surface area contributed by atoms with E-state index in [1.807, 2.05) is 4.90 Å². The van der Waals surface area contributed by atoms with E-state index in [9.17, 15) is 4.79 Å². The summed E-state index contributed by atoms with van der Waals surface area (Å²) in [5.41, 5.74) is 5.79. The average Bonchev–Trinajstić information content (AvgIpc) is 3.05. The summed E-state index contributed by atoms with van der Waals surface area (Å²) < 4.78 is 4.91. The first-order valence-corrected chi connectivity index (χ1v) is 5.36. The third-order valence-electron chi connectivity index (χ3n) is 2.55. The quantitative estimate of drug-likeness (QED) is 0.626. The third-order valence-corrected chi connectivity index (χ3v) is 2.55. The highest BCUT2D eigenvalue weighted by atomic mass is 16.5. The van der Waals surface area contributed by atoms with E-state index in [-0.39, 0.29) is 5.91 Å². The zero-order valence-electron chi connectivity index (χ0n) is 9.32. The van der Waals surface area contributed by atoms with E-state index < -0.39 is 6.04 Å². The molecule has 4 nitrogen and oxygen atoms in total. The van der Waals surface area contributed by atoms with Crippen LogP contribution in [0.15, 0.2) is 12.7 Å². The molecule has 0 aromatic rings. The number of carbonyl (C=O) groups is 1. The van der Waals surface area contributed by atoms with Crippen LogP contribution in [0.4, 0.5) is 0 Å². The summed E-state index contributed by atoms with van der Waals surface area (Å²) in [4.78, 5) is 13.7. The Bertz CT molecular complexity index is 227. The number of rotatable bonds is 7. The molecule has 1 fully saturated rings. The number of ether oxygens (including phenoxy) is 1. The molecule has 1 rings (SSSR count). The molecule has 0 heterocycles. The van der Waals surface area contributed by atoms with Gasteiger partial charge in [0.05, 0.1) is 6.04 Å². The number of nitrogens with two attached hydrogens (primary N) is 1. The molecule has 0 radical (unpaired) electrons. The van der Waals surface area contributed by atoms with Crippen LogP contribution in [0.5, 0.6) is 0 Å². The fraction of sp³-hybridized carbons (Fsp3) is 0.727. The van der Waals surface area contributed by atoms with Gasteiger partial charge in [0, 0.05) is 26.3 Å². The summed E-state index contributed by atoms with van der Waals surface area (Å²) in [6, 6.07) is -0.0467. The van der Waals surface area contributed by atoms with Gasteiger partial charge in [0.2, 0.25) is 5.91 Å². The number of methoxy groups -OCH3 is 1. The highest BCUT2D eigenvalue weighted by molar-refractivity contribution is 5.82. The smallest absolute Gasteiger partial charge is 0.240 e. The summed E-state index contributed by atoms with van der Waals surface area (Å²) in [5, 5.41) is 0. The number of hydrogen-bond acceptors (Lipinski definition) is 3. The van der Waals surface area contributed by atoms with Crippen molar-refractivity contribution in [2.45, 2.75) is 31.3 Å². The monoisotopic (exact) mass is 212 g/mol. The maximum atomic E-state index is 11.9. The Labute approximate surface area is 91.1 Å². The van der Waals surface area contributed by atoms with Gasteiger partial charge in [0.25, 0.3) is 0 Å². The lowest BCUT2D eigenvalue weighted by atomic mass is 10.2. The molecule has 1 aliphatic rings. The Kier molecular flexibility index (Phi) is 4.78. The van der Waals surface area contributed by atoms with Crippen molar-refractivity contribution in [3.63, 3.8) is 0 Å². The summed E-state index contributed by atoms with van der Waals surface area (Å²) >= 11 is 0. The first kappa shape index (κ1) is 12.2. The summed E-state index contributed by atoms with van der Waals surface area (Å²) in [6.07, 6.45) is 4.52. The van der Waals surface area contributed by atoms with E-state index in [4.69, 9.17) is 10.5 Å². The molecule has 15 heavy (non-hydrogen) atoms. The third kappa shape index (κ3) is 3.64. The molecule has 0 aromatic heterocycles. The Balaban J connectivity index is 2.43. The maximum Gasteiger partial charge on any atom is 0.240 e. The van der Waals surface area contributed by atoms with E-state index in [1.54, 1.807) is 13.2 Å². The summed E-state index contributed by atoms with van der Waals surface area (Å²) in [7, 11) is 1.61. The van der Waals surface area contributed by atoms with Crippen LogP contribution in [-0.4, -0.2) is 43.2 Å². The van der Waals surface area contributed by atoms with Gasteiger partial charge in [0.15, 0.2) is 0 Å². The second-order valence-electron chi connectivity index (χ2n) is 3.90. The molecular weight excluding hydrogens is 192 g/mol. The number of hydrogen-bond donors (Lipinski definition) is 1. The summed E-state index contributed by atoms with van der Waals surface area (Å²) in [5.74, 6) is 0.0226. The second kappa shape index (κ2) is 5.88. The van der Waals surface area contributed by atoms with Crippen molar-refractivity contribution < 1.29 is 9.53 Å². The van der Waals surface area contributed by atoms with E-state index in [0.29, 0.717) is 25.6 Å². The minimum absolute atomic E-state index is 0.0226. The lowest BCUT2D eigenvalue weighted by Crippen LogP contribution is -2.45. The van der Waals surface area contributed by atoms with Gasteiger partial charge in [-0.15, -0.1) is 6.58 Å². The van der Waals surface area contributed by atoms with Crippen molar-refractivity contribution in [3.05, 3.63) is 12.7 Å². The highest BCUT2D eigenvalue weighted by Gasteiger charge is 2.33. The normalized spacial score (nSPS) is 17.2. The lowest BCUT2D eigenvalue weighted by Gasteiger charge is -2.24. The first-order valence-electron chi connectivity index (χ1n) is 5.36. The zero-order valence-corrected chi connectivity index (χ0v) is 9.32. The van der Waals surface area contributed by atoms with Gasteiger partial charge in [-0.2, -0.15) is 0 Å². The molecule has 0 aromatic carbocycles. The van der Waals surface area contributed by atoms with Crippen molar-refractivity contribution in [1.29, 1.82) is 0 Å². The van der Waals surface area contributed by atoms with Gasteiger partial charge >= 0.3 is 0 Å². The molecule has 1 atom stereocenters. The first-order chi connectivity index (χ1) is 7.20. The van der Waals surface area contributed by atoms with E-state index in [2.05, 4.69) is 6.58 Å². The van der Waals surface area contributed by atoms with Crippen LogP contribution in [0, 0.1) is 0 Å². The van der Waals surface area contributed by atoms with Crippen LogP contribution in [0.25, 0.3) is 0 Å². The van der Waals surface area contributed by atoms with Gasteiger partial charge in [-0.3, -0.25) is 4.79 Å². The molecule has 0 spiro atoms. The zero-order chi connectivity index (χ0) is 11.3. The van der Waals surface area contributed by atoms with Crippen molar-refractivity contribution in [1.82, 2.24) is 4.90 Å². The topological polar surface area (TPSA) is 55.6 Å². The van der Waals surface area contributed by atoms with E-state index >= 15 is 0 Å². The van der Waals surface area contributed by atoms with Gasteiger partial charge in [0.1, 0.15) is 0 Å². The molecule has 86 valence electrons. The van der Waals surface area contributed by atoms with Crippen LogP contribution in [0.3, 0.4) is 0 Å². The fourth-order valence-electron chi connectivity index (χ4n) is 1.53. The lowest BCUT2D eigenvalue weighted by molar-refractivity contribution is -0.133. The number of carbonyl (C=O) groups excluding carboxylic acids is 1. The van der Waals surface area contributed by atoms with Crippen molar-refractivity contribution in [2.75, 3.05) is 20.3 Å². The molecule has 1 amide bonds. The van der Waals surface area contributed by atoms with E-state index in [1.165, 1.54) is 0 Å². The van der Waals surface area contributed by atoms with Crippen molar-refractivity contribution in [2.24, 2.45) is 5.73 Å². The summed E-state index contributed by atoms with van der Waals surface area (Å²) in [6.45, 7) is 4.78. The van der Waals surface area contributed by atoms with Crippen molar-refractivity contribution >= 4 is 5.91 Å². The number of amides is 1. The fourth-order valence-corrected chi connectivity index (χ4v) is 1.53. The largest absolute Gasteiger partial charge is 0.385 e. The predicted molar refractivity (Wildman–Crippen MR) is 59.4 cm³/mol. The van der Waals surface area contributed by atoms with Crippen LogP contribution in [0.2, 0.25) is 0 Å². The molecule has 0 bridgehead atoms. The standard InChI is InChI=1S/C11H20N2O2/c1-3-7-13(9-4-5-9)11(14)10(12)6-8-15-2/h3,9-10H,1,4-8,12H2,2H3. The average molecular weight is 212 g/mol. The Morgan fingerprint density at radius 1 is 1.73 bits per heavy atom. The SMILES string of the molecule is C=CCN(C(=O)C(N)CCOC)C1CC1. The molecule has 1 saturated carbocycles. The Hall–Kier alpha value is -0.870. The molecular formula is C11H20N2O2. The van der Waals surface area contributed by atoms with Gasteiger partial charge < -0.3 is 15.4 Å². The minimum atomic E-state index is -0.439. The van der Waals surface area contributed by atoms with Gasteiger partial charge in [-0.25, -0.2) is 0 Å². The van der Waals surface area contributed by atoms with Crippen molar-refractivity contribution in [3.8, 4) is 0 Å². The molecule has 1 aliphatic carbocycles. The second-order valence-corrected chi connectivity index (χ2v) is 3.90. The van der Waals surface area contributed by atoms with Crippen LogP contribution < -0.4 is 5.73 Å². The Morgan fingerprint density at radius 2 is 2.40 bits per heavy atom. The number of nitrogens with zero attached hydrogens (tertiary/aromatic N) is 1. The predicted octanol–water partition coefficient (Wildman–Crippen LogP) is 0.527. The highest BCUT2D eigenvalue weighted by Crippen LogP contribution is 2.27. The van der Waals surface area contributed by atoms with Gasteiger partial charge in [-0.1, -0.05) is 6.08 Å². The molecule has 1 unspecified atom stereocenters. The molecule has 4 heteroatoms. The van der Waals surface area contributed by atoms with Crippen LogP contribution in [-0.2, 0) is 9.53 Å². The van der Waals surface area contributed by atoms with Crippen LogP contribution in [0.1, 0.15) is 19.3 Å². The molecule has 0 aliphatic heterocycles. The maximum absolute atomic E-state index is 11.9. The van der Waals surface area contributed by atoms with Gasteiger partial charge in [-0.05, 0) is 19.3 Å². The molecule has 0 saturated heterocycles. The van der Waals surface area contributed by atoms with E-state index in [0.717, 1.165) is 12.8 Å². The Morgan fingerprint density at radius 3 is 2.87 bits per heavy atom.